The standard InChI is InChI=1S/C18H16N2O2S/c1-10-5-12-8-16(22-15(12)6-11(10)2)18(21)20-14-3-4-17-13(7-14)9-19-23-17/h3-7,9,16H,8H2,1-2H3,(H,20,21)/t16-/m0/s1. The molecule has 0 saturated carbocycles. The summed E-state index contributed by atoms with van der Waals surface area (Å²) in [6.07, 6.45) is 1.95. The van der Waals surface area contributed by atoms with E-state index in [1.165, 1.54) is 22.7 Å². The first-order chi connectivity index (χ1) is 11.1. The van der Waals surface area contributed by atoms with Crippen LogP contribution in [0.2, 0.25) is 0 Å². The van der Waals surface area contributed by atoms with Crippen molar-refractivity contribution in [2.24, 2.45) is 0 Å². The van der Waals surface area contributed by atoms with Gasteiger partial charge in [-0.1, -0.05) is 6.07 Å². The van der Waals surface area contributed by atoms with Crippen LogP contribution in [0.5, 0.6) is 5.75 Å². The van der Waals surface area contributed by atoms with Crippen LogP contribution in [0.15, 0.2) is 36.5 Å². The van der Waals surface area contributed by atoms with Crippen LogP contribution in [0.1, 0.15) is 16.7 Å². The van der Waals surface area contributed by atoms with Crippen LogP contribution in [0.4, 0.5) is 5.69 Å². The summed E-state index contributed by atoms with van der Waals surface area (Å²) >= 11 is 1.45. The number of amides is 1. The number of nitrogens with one attached hydrogen (secondary N) is 1. The van der Waals surface area contributed by atoms with Crippen molar-refractivity contribution in [2.75, 3.05) is 5.32 Å². The van der Waals surface area contributed by atoms with E-state index in [9.17, 15) is 4.79 Å². The average Bonchev–Trinajstić information content (AvgIpc) is 3.13. The number of fused-ring (bicyclic) bond motifs is 2. The molecule has 1 aliphatic rings. The molecule has 4 nitrogen and oxygen atoms in total. The van der Waals surface area contributed by atoms with Crippen molar-refractivity contribution in [1.29, 1.82) is 0 Å². The number of anilines is 1. The fraction of sp³-hybridized carbons (Fsp3) is 0.222. The number of hydrogen-bond acceptors (Lipinski definition) is 4. The minimum atomic E-state index is -0.470. The Balaban J connectivity index is 1.52. The van der Waals surface area contributed by atoms with Crippen LogP contribution >= 0.6 is 11.5 Å². The Kier molecular flexibility index (Phi) is 3.31. The van der Waals surface area contributed by atoms with Gasteiger partial charge in [-0.2, -0.15) is 4.37 Å². The van der Waals surface area contributed by atoms with Gasteiger partial charge in [-0.3, -0.25) is 4.79 Å². The summed E-state index contributed by atoms with van der Waals surface area (Å²) in [6.45, 7) is 4.13. The number of ether oxygens (including phenoxy) is 1. The number of benzene rings is 2. The molecule has 3 aromatic rings. The number of carbonyl (C=O) groups excluding carboxylic acids is 1. The van der Waals surface area contributed by atoms with Crippen LogP contribution in [0.3, 0.4) is 0 Å². The smallest absolute Gasteiger partial charge is 0.265 e. The fourth-order valence-electron chi connectivity index (χ4n) is 2.83. The van der Waals surface area contributed by atoms with Gasteiger partial charge in [0.2, 0.25) is 0 Å². The van der Waals surface area contributed by atoms with E-state index in [4.69, 9.17) is 4.74 Å². The van der Waals surface area contributed by atoms with Gasteiger partial charge in [0.05, 0.1) is 4.70 Å². The second-order valence-corrected chi connectivity index (χ2v) is 6.76. The molecule has 23 heavy (non-hydrogen) atoms. The maximum atomic E-state index is 12.5. The summed E-state index contributed by atoms with van der Waals surface area (Å²) in [7, 11) is 0. The van der Waals surface area contributed by atoms with Crippen molar-refractivity contribution in [3.63, 3.8) is 0 Å². The minimum absolute atomic E-state index is 0.112. The molecule has 0 spiro atoms. The highest BCUT2D eigenvalue weighted by molar-refractivity contribution is 7.13. The van der Waals surface area contributed by atoms with Crippen LogP contribution in [0, 0.1) is 13.8 Å². The normalized spacial score (nSPS) is 16.2. The molecule has 2 aromatic carbocycles. The molecule has 1 aliphatic heterocycles. The molecule has 2 heterocycles. The molecule has 0 bridgehead atoms. The van der Waals surface area contributed by atoms with Crippen molar-refractivity contribution >= 4 is 33.2 Å². The Morgan fingerprint density at radius 3 is 2.96 bits per heavy atom. The predicted octanol–water partition coefficient (Wildman–Crippen LogP) is 3.86. The maximum absolute atomic E-state index is 12.5. The number of rotatable bonds is 2. The third kappa shape index (κ3) is 2.57. The minimum Gasteiger partial charge on any atom is -0.480 e. The zero-order valence-electron chi connectivity index (χ0n) is 12.9. The van der Waals surface area contributed by atoms with Gasteiger partial charge in [-0.15, -0.1) is 0 Å². The van der Waals surface area contributed by atoms with Gasteiger partial charge in [0.1, 0.15) is 5.75 Å². The third-order valence-corrected chi connectivity index (χ3v) is 5.04. The van der Waals surface area contributed by atoms with Crippen molar-refractivity contribution in [3.05, 3.63) is 53.2 Å². The lowest BCUT2D eigenvalue weighted by Crippen LogP contribution is -2.31. The molecule has 0 radical (unpaired) electrons. The van der Waals surface area contributed by atoms with Crippen LogP contribution in [0.25, 0.3) is 10.1 Å². The predicted molar refractivity (Wildman–Crippen MR) is 92.3 cm³/mol. The molecule has 5 heteroatoms. The molecule has 1 N–H and O–H groups in total. The third-order valence-electron chi connectivity index (χ3n) is 4.26. The van der Waals surface area contributed by atoms with Gasteiger partial charge >= 0.3 is 0 Å². The Morgan fingerprint density at radius 1 is 1.26 bits per heavy atom. The lowest BCUT2D eigenvalue weighted by molar-refractivity contribution is -0.122. The highest BCUT2D eigenvalue weighted by atomic mass is 32.1. The van der Waals surface area contributed by atoms with E-state index in [2.05, 4.69) is 29.6 Å². The van der Waals surface area contributed by atoms with Gasteiger partial charge in [0.25, 0.3) is 5.91 Å². The Hall–Kier alpha value is -2.40. The van der Waals surface area contributed by atoms with Gasteiger partial charge < -0.3 is 10.1 Å². The number of hydrogen-bond donors (Lipinski definition) is 1. The van der Waals surface area contributed by atoms with E-state index in [-0.39, 0.29) is 5.91 Å². The molecule has 1 aromatic heterocycles. The molecular formula is C18H16N2O2S. The summed E-state index contributed by atoms with van der Waals surface area (Å²) in [5.41, 5.74) is 4.28. The molecule has 0 aliphatic carbocycles. The second-order valence-electron chi connectivity index (χ2n) is 5.92. The van der Waals surface area contributed by atoms with E-state index in [0.717, 1.165) is 27.1 Å². The Bertz CT molecular complexity index is 886. The second kappa shape index (κ2) is 5.35. The first kappa shape index (κ1) is 14.2. The van der Waals surface area contributed by atoms with Crippen molar-refractivity contribution in [3.8, 4) is 5.75 Å². The summed E-state index contributed by atoms with van der Waals surface area (Å²) in [5, 5.41) is 3.98. The number of aryl methyl sites for hydroxylation is 2. The molecule has 4 rings (SSSR count). The topological polar surface area (TPSA) is 51.2 Å². The van der Waals surface area contributed by atoms with Gasteiger partial charge in [-0.25, -0.2) is 0 Å². The van der Waals surface area contributed by atoms with E-state index in [0.29, 0.717) is 6.42 Å². The van der Waals surface area contributed by atoms with E-state index >= 15 is 0 Å². The molecule has 0 fully saturated rings. The highest BCUT2D eigenvalue weighted by Crippen LogP contribution is 2.32. The molecule has 116 valence electrons. The first-order valence-corrected chi connectivity index (χ1v) is 8.29. The summed E-state index contributed by atoms with van der Waals surface area (Å²) in [6, 6.07) is 9.93. The van der Waals surface area contributed by atoms with E-state index in [1.54, 1.807) is 0 Å². The van der Waals surface area contributed by atoms with Crippen LogP contribution < -0.4 is 10.1 Å². The van der Waals surface area contributed by atoms with E-state index in [1.807, 2.05) is 30.5 Å². The van der Waals surface area contributed by atoms with Crippen molar-refractivity contribution in [2.45, 2.75) is 26.4 Å². The lowest BCUT2D eigenvalue weighted by atomic mass is 10.0. The summed E-state index contributed by atoms with van der Waals surface area (Å²) in [5.74, 6) is 0.713. The highest BCUT2D eigenvalue weighted by Gasteiger charge is 2.29. The number of nitrogens with zero attached hydrogens (tertiary/aromatic N) is 1. The summed E-state index contributed by atoms with van der Waals surface area (Å²) in [4.78, 5) is 12.5. The van der Waals surface area contributed by atoms with Gasteiger partial charge in [0, 0.05) is 23.7 Å². The number of carbonyl (C=O) groups is 1. The molecule has 1 atom stereocenters. The number of aromatic nitrogens is 1. The zero-order valence-corrected chi connectivity index (χ0v) is 13.7. The van der Waals surface area contributed by atoms with Crippen LogP contribution in [-0.2, 0) is 11.2 Å². The van der Waals surface area contributed by atoms with Gasteiger partial charge in [-0.05, 0) is 66.3 Å². The van der Waals surface area contributed by atoms with Crippen LogP contribution in [-0.4, -0.2) is 16.4 Å². The Morgan fingerprint density at radius 2 is 2.09 bits per heavy atom. The fourth-order valence-corrected chi connectivity index (χ4v) is 3.46. The van der Waals surface area contributed by atoms with Crippen molar-refractivity contribution < 1.29 is 9.53 Å². The molecule has 1 amide bonds. The average molecular weight is 324 g/mol. The zero-order chi connectivity index (χ0) is 16.0. The largest absolute Gasteiger partial charge is 0.480 e. The van der Waals surface area contributed by atoms with E-state index < -0.39 is 6.10 Å². The SMILES string of the molecule is Cc1cc2c(cc1C)O[C@H](C(=O)Nc1ccc3sncc3c1)C2. The molecule has 0 saturated heterocycles. The van der Waals surface area contributed by atoms with Crippen molar-refractivity contribution in [1.82, 2.24) is 4.37 Å². The Labute approximate surface area is 138 Å². The van der Waals surface area contributed by atoms with Gasteiger partial charge in [0.15, 0.2) is 6.10 Å². The maximum Gasteiger partial charge on any atom is 0.265 e. The first-order valence-electron chi connectivity index (χ1n) is 7.52. The molecule has 0 unspecified atom stereocenters. The monoisotopic (exact) mass is 324 g/mol. The summed E-state index contributed by atoms with van der Waals surface area (Å²) < 4.78 is 11.1. The lowest BCUT2D eigenvalue weighted by Gasteiger charge is -2.11. The molecular weight excluding hydrogens is 308 g/mol. The quantitative estimate of drug-likeness (QED) is 0.779.